The molecule has 1 heterocycles. The number of nitro benzene ring substituents is 1. The van der Waals surface area contributed by atoms with Gasteiger partial charge in [0.1, 0.15) is 5.82 Å². The first-order valence-corrected chi connectivity index (χ1v) is 5.62. The van der Waals surface area contributed by atoms with Gasteiger partial charge in [-0.3, -0.25) is 10.1 Å². The summed E-state index contributed by atoms with van der Waals surface area (Å²) in [5, 5.41) is 10.9. The van der Waals surface area contributed by atoms with Gasteiger partial charge in [-0.15, -0.1) is 0 Å². The molecule has 0 aliphatic rings. The van der Waals surface area contributed by atoms with Crippen LogP contribution in [0.25, 0.3) is 5.69 Å². The molecule has 0 radical (unpaired) electrons. The Hall–Kier alpha value is -2.21. The molecule has 2 N–H and O–H groups in total. The predicted molar refractivity (Wildman–Crippen MR) is 67.7 cm³/mol. The standard InChI is InChI=1S/C12H14N4O2/c1-9-10(3-2-4-11(9)16(17)18)15-8-7-14-12(15)5-6-13/h2-4,7-8H,5-6,13H2,1H3. The van der Waals surface area contributed by atoms with Gasteiger partial charge in [0, 0.05) is 24.9 Å². The summed E-state index contributed by atoms with van der Waals surface area (Å²) >= 11 is 0. The number of nitrogens with zero attached hydrogens (tertiary/aromatic N) is 3. The molecule has 0 saturated heterocycles. The molecule has 0 saturated carbocycles. The van der Waals surface area contributed by atoms with Gasteiger partial charge in [-0.25, -0.2) is 4.98 Å². The van der Waals surface area contributed by atoms with E-state index in [1.54, 1.807) is 25.4 Å². The van der Waals surface area contributed by atoms with Gasteiger partial charge in [0.05, 0.1) is 16.2 Å². The third-order valence-electron chi connectivity index (χ3n) is 2.82. The number of benzene rings is 1. The molecule has 0 aliphatic heterocycles. The summed E-state index contributed by atoms with van der Waals surface area (Å²) in [7, 11) is 0. The second-order valence-corrected chi connectivity index (χ2v) is 3.93. The van der Waals surface area contributed by atoms with Gasteiger partial charge in [0.15, 0.2) is 0 Å². The van der Waals surface area contributed by atoms with Crippen LogP contribution in [-0.2, 0) is 6.42 Å². The van der Waals surface area contributed by atoms with E-state index in [2.05, 4.69) is 4.98 Å². The average molecular weight is 246 g/mol. The number of aromatic nitrogens is 2. The maximum atomic E-state index is 10.9. The van der Waals surface area contributed by atoms with Crippen LogP contribution in [0.2, 0.25) is 0 Å². The van der Waals surface area contributed by atoms with Crippen LogP contribution >= 0.6 is 0 Å². The molecule has 0 spiro atoms. The van der Waals surface area contributed by atoms with Gasteiger partial charge >= 0.3 is 0 Å². The van der Waals surface area contributed by atoms with Crippen LogP contribution in [0.3, 0.4) is 0 Å². The highest BCUT2D eigenvalue weighted by atomic mass is 16.6. The van der Waals surface area contributed by atoms with Crippen molar-refractivity contribution in [3.8, 4) is 5.69 Å². The third-order valence-corrected chi connectivity index (χ3v) is 2.82. The summed E-state index contributed by atoms with van der Waals surface area (Å²) in [4.78, 5) is 14.7. The minimum absolute atomic E-state index is 0.111. The van der Waals surface area contributed by atoms with Crippen LogP contribution in [-0.4, -0.2) is 21.0 Å². The molecular formula is C12H14N4O2. The lowest BCUT2D eigenvalue weighted by molar-refractivity contribution is -0.385. The van der Waals surface area contributed by atoms with E-state index in [1.807, 2.05) is 10.6 Å². The number of hydrogen-bond donors (Lipinski definition) is 1. The first-order valence-electron chi connectivity index (χ1n) is 5.62. The Balaban J connectivity index is 2.54. The van der Waals surface area contributed by atoms with Crippen molar-refractivity contribution in [1.29, 1.82) is 0 Å². The zero-order chi connectivity index (χ0) is 13.1. The number of imidazole rings is 1. The van der Waals surface area contributed by atoms with Crippen molar-refractivity contribution in [2.75, 3.05) is 6.54 Å². The summed E-state index contributed by atoms with van der Waals surface area (Å²) in [6.45, 7) is 2.23. The predicted octanol–water partition coefficient (Wildman–Crippen LogP) is 1.59. The van der Waals surface area contributed by atoms with Crippen molar-refractivity contribution in [2.24, 2.45) is 5.73 Å². The van der Waals surface area contributed by atoms with Gasteiger partial charge in [-0.2, -0.15) is 0 Å². The fourth-order valence-electron chi connectivity index (χ4n) is 1.94. The van der Waals surface area contributed by atoms with E-state index in [9.17, 15) is 10.1 Å². The van der Waals surface area contributed by atoms with Gasteiger partial charge in [-0.05, 0) is 19.5 Å². The van der Waals surface area contributed by atoms with Crippen molar-refractivity contribution >= 4 is 5.69 Å². The molecule has 0 unspecified atom stereocenters. The van der Waals surface area contributed by atoms with Crippen LogP contribution in [0.15, 0.2) is 30.6 Å². The molecule has 0 amide bonds. The number of nitro groups is 1. The average Bonchev–Trinajstić information content (AvgIpc) is 2.77. The number of hydrogen-bond acceptors (Lipinski definition) is 4. The van der Waals surface area contributed by atoms with Crippen molar-refractivity contribution in [2.45, 2.75) is 13.3 Å². The summed E-state index contributed by atoms with van der Waals surface area (Å²) in [5.74, 6) is 0.807. The van der Waals surface area contributed by atoms with Crippen molar-refractivity contribution in [3.63, 3.8) is 0 Å². The van der Waals surface area contributed by atoms with E-state index in [0.29, 0.717) is 18.5 Å². The fourth-order valence-corrected chi connectivity index (χ4v) is 1.94. The highest BCUT2D eigenvalue weighted by Gasteiger charge is 2.15. The SMILES string of the molecule is Cc1c(-n2ccnc2CCN)cccc1[N+](=O)[O-]. The van der Waals surface area contributed by atoms with Crippen LogP contribution in [0.5, 0.6) is 0 Å². The smallest absolute Gasteiger partial charge is 0.274 e. The Bertz CT molecular complexity index is 577. The lowest BCUT2D eigenvalue weighted by atomic mass is 10.1. The van der Waals surface area contributed by atoms with Crippen LogP contribution in [0.4, 0.5) is 5.69 Å². The van der Waals surface area contributed by atoms with E-state index in [4.69, 9.17) is 5.73 Å². The minimum Gasteiger partial charge on any atom is -0.330 e. The lowest BCUT2D eigenvalue weighted by Gasteiger charge is -2.10. The quantitative estimate of drug-likeness (QED) is 0.655. The largest absolute Gasteiger partial charge is 0.330 e. The molecule has 0 atom stereocenters. The maximum absolute atomic E-state index is 10.9. The molecular weight excluding hydrogens is 232 g/mol. The van der Waals surface area contributed by atoms with Crippen molar-refractivity contribution < 1.29 is 4.92 Å². The molecule has 0 bridgehead atoms. The molecule has 2 rings (SSSR count). The summed E-state index contributed by atoms with van der Waals surface area (Å²) < 4.78 is 1.84. The van der Waals surface area contributed by atoms with Crippen molar-refractivity contribution in [3.05, 3.63) is 52.1 Å². The van der Waals surface area contributed by atoms with Crippen LogP contribution in [0, 0.1) is 17.0 Å². The van der Waals surface area contributed by atoms with Crippen LogP contribution < -0.4 is 5.73 Å². The molecule has 1 aromatic heterocycles. The molecule has 6 heteroatoms. The first-order chi connectivity index (χ1) is 8.65. The van der Waals surface area contributed by atoms with E-state index >= 15 is 0 Å². The Morgan fingerprint density at radius 3 is 2.94 bits per heavy atom. The molecule has 0 fully saturated rings. The molecule has 18 heavy (non-hydrogen) atoms. The van der Waals surface area contributed by atoms with E-state index in [-0.39, 0.29) is 10.6 Å². The zero-order valence-electron chi connectivity index (χ0n) is 10.0. The lowest BCUT2D eigenvalue weighted by Crippen LogP contribution is -2.09. The van der Waals surface area contributed by atoms with Gasteiger partial charge in [0.25, 0.3) is 5.69 Å². The van der Waals surface area contributed by atoms with Crippen molar-refractivity contribution in [1.82, 2.24) is 9.55 Å². The van der Waals surface area contributed by atoms with Gasteiger partial charge < -0.3 is 10.3 Å². The Morgan fingerprint density at radius 2 is 2.28 bits per heavy atom. The van der Waals surface area contributed by atoms with E-state index in [0.717, 1.165) is 11.5 Å². The zero-order valence-corrected chi connectivity index (χ0v) is 10.0. The molecule has 0 aliphatic carbocycles. The number of rotatable bonds is 4. The monoisotopic (exact) mass is 246 g/mol. The Kier molecular flexibility index (Phi) is 3.38. The fraction of sp³-hybridized carbons (Fsp3) is 0.250. The highest BCUT2D eigenvalue weighted by molar-refractivity contribution is 5.53. The maximum Gasteiger partial charge on any atom is 0.274 e. The van der Waals surface area contributed by atoms with Gasteiger partial charge in [-0.1, -0.05) is 6.07 Å². The van der Waals surface area contributed by atoms with Crippen LogP contribution in [0.1, 0.15) is 11.4 Å². The summed E-state index contributed by atoms with van der Waals surface area (Å²) in [6.07, 6.45) is 4.09. The second kappa shape index (κ2) is 4.97. The van der Waals surface area contributed by atoms with Gasteiger partial charge in [0.2, 0.25) is 0 Å². The molecule has 1 aromatic carbocycles. The Morgan fingerprint density at radius 1 is 1.50 bits per heavy atom. The molecule has 6 nitrogen and oxygen atoms in total. The number of nitrogens with two attached hydrogens (primary N) is 1. The minimum atomic E-state index is -0.377. The topological polar surface area (TPSA) is 87.0 Å². The second-order valence-electron chi connectivity index (χ2n) is 3.93. The molecule has 94 valence electrons. The normalized spacial score (nSPS) is 10.6. The summed E-state index contributed by atoms with van der Waals surface area (Å²) in [5.41, 5.74) is 7.02. The van der Waals surface area contributed by atoms with E-state index in [1.165, 1.54) is 6.07 Å². The Labute approximate surface area is 104 Å². The third kappa shape index (κ3) is 2.10. The summed E-state index contributed by atoms with van der Waals surface area (Å²) in [6, 6.07) is 5.01. The molecule has 2 aromatic rings. The highest BCUT2D eigenvalue weighted by Crippen LogP contribution is 2.24. The first kappa shape index (κ1) is 12.3. The van der Waals surface area contributed by atoms with E-state index < -0.39 is 0 Å².